The summed E-state index contributed by atoms with van der Waals surface area (Å²) in [5.74, 6) is 0.153. The van der Waals surface area contributed by atoms with Crippen LogP contribution in [0.4, 0.5) is 4.79 Å². The first kappa shape index (κ1) is 17.4. The molecule has 1 fully saturated rings. The van der Waals surface area contributed by atoms with Gasteiger partial charge >= 0.3 is 6.03 Å². The molecular formula is C16H22Cl2N2O2. The van der Waals surface area contributed by atoms with Crippen molar-refractivity contribution in [3.05, 3.63) is 33.8 Å². The van der Waals surface area contributed by atoms with Crippen molar-refractivity contribution >= 4 is 29.2 Å². The summed E-state index contributed by atoms with van der Waals surface area (Å²) in [4.78, 5) is 14.1. The first-order valence-corrected chi connectivity index (χ1v) is 8.32. The van der Waals surface area contributed by atoms with Gasteiger partial charge in [0.15, 0.2) is 0 Å². The fraction of sp³-hybridized carbons (Fsp3) is 0.562. The van der Waals surface area contributed by atoms with Gasteiger partial charge in [-0.25, -0.2) is 4.79 Å². The Balaban J connectivity index is 1.97. The topological polar surface area (TPSA) is 52.6 Å². The highest BCUT2D eigenvalue weighted by Crippen LogP contribution is 2.26. The van der Waals surface area contributed by atoms with Crippen molar-refractivity contribution in [3.63, 3.8) is 0 Å². The molecule has 1 aromatic carbocycles. The zero-order valence-electron chi connectivity index (χ0n) is 12.9. The number of benzene rings is 1. The molecular weight excluding hydrogens is 323 g/mol. The molecule has 1 aromatic rings. The number of carbonyl (C=O) groups excluding carboxylic acids is 1. The van der Waals surface area contributed by atoms with Crippen molar-refractivity contribution in [3.8, 4) is 0 Å². The monoisotopic (exact) mass is 344 g/mol. The van der Waals surface area contributed by atoms with E-state index in [1.54, 1.807) is 24.0 Å². The van der Waals surface area contributed by atoms with E-state index in [0.29, 0.717) is 16.6 Å². The number of urea groups is 1. The first-order valence-electron chi connectivity index (χ1n) is 7.57. The van der Waals surface area contributed by atoms with Gasteiger partial charge in [0.1, 0.15) is 0 Å². The number of aliphatic hydroxyl groups excluding tert-OH is 1. The number of hydrogen-bond acceptors (Lipinski definition) is 2. The molecule has 2 N–H and O–H groups in total. The Labute approximate surface area is 141 Å². The van der Waals surface area contributed by atoms with Crippen molar-refractivity contribution in [1.29, 1.82) is 0 Å². The molecule has 0 aliphatic carbocycles. The van der Waals surface area contributed by atoms with Gasteiger partial charge in [0, 0.05) is 19.0 Å². The van der Waals surface area contributed by atoms with E-state index in [4.69, 9.17) is 23.2 Å². The summed E-state index contributed by atoms with van der Waals surface area (Å²) in [6, 6.07) is 5.09. The molecule has 2 amide bonds. The van der Waals surface area contributed by atoms with Crippen molar-refractivity contribution in [2.24, 2.45) is 5.92 Å². The molecule has 122 valence electrons. The fourth-order valence-corrected chi connectivity index (χ4v) is 3.04. The largest absolute Gasteiger partial charge is 0.393 e. The Bertz CT molecular complexity index is 537. The van der Waals surface area contributed by atoms with E-state index in [0.717, 1.165) is 24.9 Å². The van der Waals surface area contributed by atoms with Gasteiger partial charge in [-0.3, -0.25) is 0 Å². The van der Waals surface area contributed by atoms with Gasteiger partial charge in [0.2, 0.25) is 0 Å². The molecule has 1 aliphatic rings. The predicted octanol–water partition coefficient (Wildman–Crippen LogP) is 3.86. The number of rotatable bonds is 3. The van der Waals surface area contributed by atoms with Crippen LogP contribution in [0.2, 0.25) is 10.0 Å². The van der Waals surface area contributed by atoms with E-state index in [1.807, 2.05) is 13.0 Å². The van der Waals surface area contributed by atoms with Gasteiger partial charge in [-0.2, -0.15) is 0 Å². The number of amides is 2. The minimum Gasteiger partial charge on any atom is -0.393 e. The number of piperidine rings is 1. The van der Waals surface area contributed by atoms with E-state index in [-0.39, 0.29) is 24.1 Å². The Morgan fingerprint density at radius 2 is 2.09 bits per heavy atom. The van der Waals surface area contributed by atoms with Crippen LogP contribution in [0.3, 0.4) is 0 Å². The van der Waals surface area contributed by atoms with Crippen LogP contribution in [0, 0.1) is 5.92 Å². The molecule has 0 radical (unpaired) electrons. The Hall–Kier alpha value is -0.970. The van der Waals surface area contributed by atoms with Gasteiger partial charge in [-0.1, -0.05) is 29.3 Å². The molecule has 1 aliphatic heterocycles. The molecule has 0 saturated carbocycles. The SMILES string of the molecule is CC(NC(=O)N1CCCC(C(C)O)C1)c1ccc(Cl)c(Cl)c1. The lowest BCUT2D eigenvalue weighted by Crippen LogP contribution is -2.47. The maximum atomic E-state index is 12.4. The Morgan fingerprint density at radius 3 is 2.73 bits per heavy atom. The van der Waals surface area contributed by atoms with Gasteiger partial charge in [0.25, 0.3) is 0 Å². The number of likely N-dealkylation sites (tertiary alicyclic amines) is 1. The Kier molecular flexibility index (Phi) is 5.95. The standard InChI is InChI=1S/C16H22Cl2N2O2/c1-10(12-5-6-14(17)15(18)8-12)19-16(22)20-7-3-4-13(9-20)11(2)21/h5-6,8,10-11,13,21H,3-4,7,9H2,1-2H3,(H,19,22). The van der Waals surface area contributed by atoms with Crippen LogP contribution in [0.15, 0.2) is 18.2 Å². The van der Waals surface area contributed by atoms with E-state index in [1.165, 1.54) is 0 Å². The van der Waals surface area contributed by atoms with Crippen LogP contribution >= 0.6 is 23.2 Å². The number of nitrogens with one attached hydrogen (secondary N) is 1. The number of hydrogen-bond donors (Lipinski definition) is 2. The summed E-state index contributed by atoms with van der Waals surface area (Å²) in [5, 5.41) is 13.7. The fourth-order valence-electron chi connectivity index (χ4n) is 2.73. The first-order chi connectivity index (χ1) is 10.4. The molecule has 1 saturated heterocycles. The molecule has 0 aromatic heterocycles. The third-order valence-corrected chi connectivity index (χ3v) is 4.95. The van der Waals surface area contributed by atoms with Crippen molar-refractivity contribution < 1.29 is 9.90 Å². The van der Waals surface area contributed by atoms with E-state index in [2.05, 4.69) is 5.32 Å². The van der Waals surface area contributed by atoms with Gasteiger partial charge in [-0.15, -0.1) is 0 Å². The van der Waals surface area contributed by atoms with Crippen LogP contribution in [-0.4, -0.2) is 35.2 Å². The van der Waals surface area contributed by atoms with Crippen molar-refractivity contribution in [2.75, 3.05) is 13.1 Å². The lowest BCUT2D eigenvalue weighted by Gasteiger charge is -2.34. The van der Waals surface area contributed by atoms with Gasteiger partial charge in [-0.05, 0) is 44.4 Å². The minimum atomic E-state index is -0.386. The van der Waals surface area contributed by atoms with Crippen LogP contribution in [0.1, 0.15) is 38.3 Å². The molecule has 0 bridgehead atoms. The smallest absolute Gasteiger partial charge is 0.317 e. The average molecular weight is 345 g/mol. The van der Waals surface area contributed by atoms with Gasteiger partial charge < -0.3 is 15.3 Å². The number of carbonyl (C=O) groups is 1. The summed E-state index contributed by atoms with van der Waals surface area (Å²) in [5.41, 5.74) is 0.909. The van der Waals surface area contributed by atoms with Crippen LogP contribution in [-0.2, 0) is 0 Å². The molecule has 0 spiro atoms. The van der Waals surface area contributed by atoms with Crippen LogP contribution in [0.5, 0.6) is 0 Å². The number of aliphatic hydroxyl groups is 1. The summed E-state index contributed by atoms with van der Waals surface area (Å²) in [6.45, 7) is 5.01. The van der Waals surface area contributed by atoms with Crippen molar-refractivity contribution in [2.45, 2.75) is 38.8 Å². The molecule has 4 nitrogen and oxygen atoms in total. The summed E-state index contributed by atoms with van der Waals surface area (Å²) in [6.07, 6.45) is 1.50. The lowest BCUT2D eigenvalue weighted by molar-refractivity contribution is 0.0734. The molecule has 6 heteroatoms. The summed E-state index contributed by atoms with van der Waals surface area (Å²) in [7, 11) is 0. The predicted molar refractivity (Wildman–Crippen MR) is 89.4 cm³/mol. The zero-order chi connectivity index (χ0) is 16.3. The van der Waals surface area contributed by atoms with E-state index >= 15 is 0 Å². The molecule has 2 rings (SSSR count). The highest BCUT2D eigenvalue weighted by atomic mass is 35.5. The highest BCUT2D eigenvalue weighted by molar-refractivity contribution is 6.42. The normalized spacial score (nSPS) is 21.3. The highest BCUT2D eigenvalue weighted by Gasteiger charge is 2.27. The average Bonchev–Trinajstić information content (AvgIpc) is 2.50. The second-order valence-corrected chi connectivity index (χ2v) is 6.75. The van der Waals surface area contributed by atoms with Crippen LogP contribution < -0.4 is 5.32 Å². The summed E-state index contributed by atoms with van der Waals surface area (Å²) < 4.78 is 0. The Morgan fingerprint density at radius 1 is 1.36 bits per heavy atom. The number of halogens is 2. The zero-order valence-corrected chi connectivity index (χ0v) is 14.4. The van der Waals surface area contributed by atoms with E-state index in [9.17, 15) is 9.90 Å². The molecule has 3 unspecified atom stereocenters. The van der Waals surface area contributed by atoms with E-state index < -0.39 is 0 Å². The maximum Gasteiger partial charge on any atom is 0.317 e. The summed E-state index contributed by atoms with van der Waals surface area (Å²) >= 11 is 11.9. The third kappa shape index (κ3) is 4.28. The second kappa shape index (κ2) is 7.53. The molecule has 1 heterocycles. The second-order valence-electron chi connectivity index (χ2n) is 5.93. The maximum absolute atomic E-state index is 12.4. The molecule has 3 atom stereocenters. The lowest BCUT2D eigenvalue weighted by atomic mass is 9.94. The third-order valence-electron chi connectivity index (χ3n) is 4.21. The van der Waals surface area contributed by atoms with Crippen molar-refractivity contribution in [1.82, 2.24) is 10.2 Å². The minimum absolute atomic E-state index is 0.107. The molecule has 22 heavy (non-hydrogen) atoms. The van der Waals surface area contributed by atoms with Crippen LogP contribution in [0.25, 0.3) is 0 Å². The quantitative estimate of drug-likeness (QED) is 0.874. The van der Waals surface area contributed by atoms with Gasteiger partial charge in [0.05, 0.1) is 22.2 Å². The number of nitrogens with zero attached hydrogens (tertiary/aromatic N) is 1.